The second-order valence-electron chi connectivity index (χ2n) is 4.68. The molecule has 0 saturated carbocycles. The van der Waals surface area contributed by atoms with Gasteiger partial charge in [-0.05, 0) is 31.9 Å². The summed E-state index contributed by atoms with van der Waals surface area (Å²) in [7, 11) is 0. The van der Waals surface area contributed by atoms with E-state index < -0.39 is 0 Å². The van der Waals surface area contributed by atoms with Crippen LogP contribution in [0.25, 0.3) is 0 Å². The number of phenolic OH excluding ortho intramolecular Hbond substituents is 2. The lowest BCUT2D eigenvalue weighted by atomic mass is 9.94. The van der Waals surface area contributed by atoms with Crippen LogP contribution in [0.3, 0.4) is 0 Å². The van der Waals surface area contributed by atoms with Crippen molar-refractivity contribution in [1.82, 2.24) is 0 Å². The molecule has 0 aliphatic rings. The van der Waals surface area contributed by atoms with Crippen LogP contribution in [-0.4, -0.2) is 15.8 Å². The first-order chi connectivity index (χ1) is 8.02. The van der Waals surface area contributed by atoms with Crippen LogP contribution in [0.5, 0.6) is 17.2 Å². The van der Waals surface area contributed by atoms with E-state index in [1.807, 2.05) is 6.92 Å². The molecule has 1 rings (SSSR count). The Kier molecular flexibility index (Phi) is 4.67. The fourth-order valence-corrected chi connectivity index (χ4v) is 2.14. The summed E-state index contributed by atoms with van der Waals surface area (Å²) in [6.07, 6.45) is 3.90. The molecule has 1 aromatic rings. The number of hydrogen-bond donors (Lipinski definition) is 2. The van der Waals surface area contributed by atoms with Crippen LogP contribution in [0.1, 0.15) is 46.5 Å². The van der Waals surface area contributed by atoms with Gasteiger partial charge in [0.1, 0.15) is 5.60 Å². The Morgan fingerprint density at radius 3 is 2.24 bits per heavy atom. The van der Waals surface area contributed by atoms with Crippen molar-refractivity contribution in [2.75, 3.05) is 0 Å². The van der Waals surface area contributed by atoms with Gasteiger partial charge in [-0.15, -0.1) is 0 Å². The van der Waals surface area contributed by atoms with Crippen molar-refractivity contribution < 1.29 is 14.9 Å². The van der Waals surface area contributed by atoms with Crippen molar-refractivity contribution in [3.05, 3.63) is 18.2 Å². The van der Waals surface area contributed by atoms with E-state index in [-0.39, 0.29) is 17.1 Å². The van der Waals surface area contributed by atoms with Crippen LogP contribution >= 0.6 is 0 Å². The first-order valence-corrected chi connectivity index (χ1v) is 6.22. The SMILES string of the molecule is CCCC(C)(CCC)Oc1cccc(O)c1O. The monoisotopic (exact) mass is 238 g/mol. The maximum absolute atomic E-state index is 9.72. The van der Waals surface area contributed by atoms with E-state index >= 15 is 0 Å². The van der Waals surface area contributed by atoms with Crippen molar-refractivity contribution in [2.24, 2.45) is 0 Å². The van der Waals surface area contributed by atoms with Gasteiger partial charge >= 0.3 is 0 Å². The third-order valence-electron chi connectivity index (χ3n) is 2.89. The lowest BCUT2D eigenvalue weighted by Crippen LogP contribution is -2.32. The molecule has 0 fully saturated rings. The van der Waals surface area contributed by atoms with Gasteiger partial charge in [0.05, 0.1) is 0 Å². The van der Waals surface area contributed by atoms with Crippen molar-refractivity contribution in [2.45, 2.75) is 52.1 Å². The molecule has 96 valence electrons. The Bertz CT molecular complexity index is 354. The molecule has 3 heteroatoms. The van der Waals surface area contributed by atoms with Crippen LogP contribution in [0.15, 0.2) is 18.2 Å². The molecular formula is C14H22O3. The summed E-state index contributed by atoms with van der Waals surface area (Å²) < 4.78 is 5.88. The maximum Gasteiger partial charge on any atom is 0.200 e. The number of phenols is 2. The molecule has 0 saturated heterocycles. The molecular weight excluding hydrogens is 216 g/mol. The molecule has 3 nitrogen and oxygen atoms in total. The second kappa shape index (κ2) is 5.80. The van der Waals surface area contributed by atoms with Crippen LogP contribution in [0, 0.1) is 0 Å². The Balaban J connectivity index is 2.89. The number of rotatable bonds is 6. The summed E-state index contributed by atoms with van der Waals surface area (Å²) >= 11 is 0. The fourth-order valence-electron chi connectivity index (χ4n) is 2.14. The Hall–Kier alpha value is -1.38. The third kappa shape index (κ3) is 3.55. The summed E-state index contributed by atoms with van der Waals surface area (Å²) in [6, 6.07) is 4.79. The van der Waals surface area contributed by atoms with Gasteiger partial charge in [0.2, 0.25) is 5.75 Å². The van der Waals surface area contributed by atoms with Gasteiger partial charge in [-0.1, -0.05) is 32.8 Å². The standard InChI is InChI=1S/C14H22O3/c1-4-9-14(3,10-5-2)17-12-8-6-7-11(15)13(12)16/h6-8,15-16H,4-5,9-10H2,1-3H3. The van der Waals surface area contributed by atoms with Gasteiger partial charge < -0.3 is 14.9 Å². The molecule has 0 radical (unpaired) electrons. The molecule has 17 heavy (non-hydrogen) atoms. The molecule has 0 amide bonds. The van der Waals surface area contributed by atoms with Crippen molar-refractivity contribution in [3.8, 4) is 17.2 Å². The number of benzene rings is 1. The fraction of sp³-hybridized carbons (Fsp3) is 0.571. The Morgan fingerprint density at radius 2 is 1.71 bits per heavy atom. The number of ether oxygens (including phenoxy) is 1. The van der Waals surface area contributed by atoms with E-state index in [4.69, 9.17) is 4.74 Å². The third-order valence-corrected chi connectivity index (χ3v) is 2.89. The maximum atomic E-state index is 9.72. The van der Waals surface area contributed by atoms with Gasteiger partial charge in [-0.3, -0.25) is 0 Å². The summed E-state index contributed by atoms with van der Waals surface area (Å²) in [5.41, 5.74) is -0.283. The average molecular weight is 238 g/mol. The zero-order valence-corrected chi connectivity index (χ0v) is 10.9. The van der Waals surface area contributed by atoms with Crippen molar-refractivity contribution in [1.29, 1.82) is 0 Å². The Morgan fingerprint density at radius 1 is 1.12 bits per heavy atom. The molecule has 0 heterocycles. The largest absolute Gasteiger partial charge is 0.504 e. The molecule has 0 spiro atoms. The molecule has 0 unspecified atom stereocenters. The predicted octanol–water partition coefficient (Wildman–Crippen LogP) is 3.84. The van der Waals surface area contributed by atoms with Crippen molar-refractivity contribution >= 4 is 0 Å². The lowest BCUT2D eigenvalue weighted by molar-refractivity contribution is 0.0644. The van der Waals surface area contributed by atoms with Crippen LogP contribution in [-0.2, 0) is 0 Å². The summed E-state index contributed by atoms with van der Waals surface area (Å²) in [5.74, 6) is 0.0400. The van der Waals surface area contributed by atoms with E-state index in [1.165, 1.54) is 6.07 Å². The van der Waals surface area contributed by atoms with E-state index in [9.17, 15) is 10.2 Å². The highest BCUT2D eigenvalue weighted by molar-refractivity contribution is 5.49. The topological polar surface area (TPSA) is 49.7 Å². The van der Waals surface area contributed by atoms with Crippen LogP contribution < -0.4 is 4.74 Å². The van der Waals surface area contributed by atoms with Crippen molar-refractivity contribution in [3.63, 3.8) is 0 Å². The van der Waals surface area contributed by atoms with E-state index in [0.29, 0.717) is 5.75 Å². The number of hydrogen-bond acceptors (Lipinski definition) is 3. The normalized spacial score (nSPS) is 11.5. The van der Waals surface area contributed by atoms with E-state index in [2.05, 4.69) is 13.8 Å². The zero-order valence-electron chi connectivity index (χ0n) is 10.9. The van der Waals surface area contributed by atoms with Crippen LogP contribution in [0.2, 0.25) is 0 Å². The minimum absolute atomic E-state index is 0.141. The molecule has 2 N–H and O–H groups in total. The highest BCUT2D eigenvalue weighted by Gasteiger charge is 2.25. The lowest BCUT2D eigenvalue weighted by Gasteiger charge is -2.30. The van der Waals surface area contributed by atoms with Crippen LogP contribution in [0.4, 0.5) is 0 Å². The Labute approximate surface area is 103 Å². The quantitative estimate of drug-likeness (QED) is 0.740. The van der Waals surface area contributed by atoms with Gasteiger partial charge in [0.25, 0.3) is 0 Å². The van der Waals surface area contributed by atoms with E-state index in [0.717, 1.165) is 25.7 Å². The zero-order chi connectivity index (χ0) is 12.9. The van der Waals surface area contributed by atoms with Gasteiger partial charge in [0, 0.05) is 0 Å². The van der Waals surface area contributed by atoms with E-state index in [1.54, 1.807) is 12.1 Å². The second-order valence-corrected chi connectivity index (χ2v) is 4.68. The number of para-hydroxylation sites is 1. The molecule has 0 aliphatic heterocycles. The molecule has 1 aromatic carbocycles. The van der Waals surface area contributed by atoms with Gasteiger partial charge in [-0.2, -0.15) is 0 Å². The van der Waals surface area contributed by atoms with Gasteiger partial charge in [0.15, 0.2) is 11.5 Å². The predicted molar refractivity (Wildman–Crippen MR) is 68.6 cm³/mol. The summed E-state index contributed by atoms with van der Waals surface area (Å²) in [6.45, 7) is 6.27. The molecule has 0 bridgehead atoms. The highest BCUT2D eigenvalue weighted by Crippen LogP contribution is 2.38. The smallest absolute Gasteiger partial charge is 0.200 e. The minimum Gasteiger partial charge on any atom is -0.504 e. The summed E-state index contributed by atoms with van der Waals surface area (Å²) in [5, 5.41) is 19.1. The minimum atomic E-state index is -0.283. The highest BCUT2D eigenvalue weighted by atomic mass is 16.5. The van der Waals surface area contributed by atoms with Gasteiger partial charge in [-0.25, -0.2) is 0 Å². The number of aromatic hydroxyl groups is 2. The molecule has 0 atom stereocenters. The average Bonchev–Trinajstić information content (AvgIpc) is 2.25. The first-order valence-electron chi connectivity index (χ1n) is 6.22. The summed E-state index contributed by atoms with van der Waals surface area (Å²) in [4.78, 5) is 0. The molecule has 0 aliphatic carbocycles. The first kappa shape index (κ1) is 13.7. The molecule has 0 aromatic heterocycles.